The lowest BCUT2D eigenvalue weighted by Gasteiger charge is -2.37. The molecular formula is C33H37Cl2FN6O7. The van der Waals surface area contributed by atoms with Gasteiger partial charge >= 0.3 is 6.09 Å². The first-order valence-corrected chi connectivity index (χ1v) is 16.3. The van der Waals surface area contributed by atoms with Gasteiger partial charge in [0.05, 0.1) is 42.2 Å². The van der Waals surface area contributed by atoms with Crippen molar-refractivity contribution in [3.8, 4) is 17.0 Å². The monoisotopic (exact) mass is 718 g/mol. The second kappa shape index (κ2) is 14.2. The van der Waals surface area contributed by atoms with Gasteiger partial charge in [0, 0.05) is 50.9 Å². The molecule has 5 rings (SSSR count). The second-order valence-corrected chi connectivity index (χ2v) is 13.6. The van der Waals surface area contributed by atoms with Crippen molar-refractivity contribution >= 4 is 52.7 Å². The summed E-state index contributed by atoms with van der Waals surface area (Å²) in [4.78, 5) is 61.1. The highest BCUT2D eigenvalue weighted by molar-refractivity contribution is 6.34. The summed E-state index contributed by atoms with van der Waals surface area (Å²) in [6, 6.07) is 6.60. The van der Waals surface area contributed by atoms with Crippen molar-refractivity contribution < 1.29 is 38.1 Å². The van der Waals surface area contributed by atoms with E-state index in [1.165, 1.54) is 53.1 Å². The standard InChI is InChI=1S/C33H37Cl2FN6O7/c1-33(2,3)49-32(47)42-17-19(43)15-23(42)31(46)41-12-10-40(11-13-41)30(45)20-7-6-18(14-22(20)34)38-29(44)28-37-16-24(39(28)4)21-8-9-25(48-5)26(35)27(21)36/h6-9,14,16,19,23,43H,10-13,15,17H2,1-5H3,(H,38,44)/t19-,23+/m1/s1. The zero-order chi connectivity index (χ0) is 35.8. The fraction of sp³-hybridized carbons (Fsp3) is 0.424. The van der Waals surface area contributed by atoms with Gasteiger partial charge in [-0.2, -0.15) is 0 Å². The van der Waals surface area contributed by atoms with E-state index in [9.17, 15) is 28.7 Å². The number of anilines is 1. The van der Waals surface area contributed by atoms with Gasteiger partial charge in [0.1, 0.15) is 22.4 Å². The first-order valence-electron chi connectivity index (χ1n) is 15.5. The Kier molecular flexibility index (Phi) is 10.4. The van der Waals surface area contributed by atoms with Gasteiger partial charge in [-0.25, -0.2) is 14.2 Å². The number of benzene rings is 2. The summed E-state index contributed by atoms with van der Waals surface area (Å²) in [5.41, 5.74) is 0.206. The number of rotatable bonds is 6. The highest BCUT2D eigenvalue weighted by Crippen LogP contribution is 2.34. The van der Waals surface area contributed by atoms with E-state index in [4.69, 9.17) is 32.7 Å². The predicted molar refractivity (Wildman–Crippen MR) is 179 cm³/mol. The number of aliphatic hydroxyl groups is 1. The lowest BCUT2D eigenvalue weighted by Crippen LogP contribution is -2.55. The van der Waals surface area contributed by atoms with E-state index in [0.29, 0.717) is 11.4 Å². The Morgan fingerprint density at radius 3 is 2.35 bits per heavy atom. The Labute approximate surface area is 292 Å². The number of β-amino-alcohol motifs (C(OH)–C–C–N with tert-alkyl or cyclic N) is 1. The molecule has 3 heterocycles. The third kappa shape index (κ3) is 7.61. The molecule has 4 amide bonds. The summed E-state index contributed by atoms with van der Waals surface area (Å²) < 4.78 is 26.8. The van der Waals surface area contributed by atoms with Crippen molar-refractivity contribution in [2.24, 2.45) is 7.05 Å². The number of piperazine rings is 1. The average molecular weight is 720 g/mol. The van der Waals surface area contributed by atoms with Crippen molar-refractivity contribution in [1.29, 1.82) is 0 Å². The summed E-state index contributed by atoms with van der Waals surface area (Å²) in [5.74, 6) is -1.81. The van der Waals surface area contributed by atoms with Crippen LogP contribution < -0.4 is 10.1 Å². The van der Waals surface area contributed by atoms with Crippen molar-refractivity contribution in [3.63, 3.8) is 0 Å². The first-order chi connectivity index (χ1) is 23.1. The number of hydrogen-bond donors (Lipinski definition) is 2. The van der Waals surface area contributed by atoms with Gasteiger partial charge in [-0.05, 0) is 51.1 Å². The summed E-state index contributed by atoms with van der Waals surface area (Å²) >= 11 is 12.6. The van der Waals surface area contributed by atoms with Crippen LogP contribution in [0.15, 0.2) is 36.5 Å². The third-order valence-corrected chi connectivity index (χ3v) is 8.93. The van der Waals surface area contributed by atoms with Crippen LogP contribution in [0.3, 0.4) is 0 Å². The van der Waals surface area contributed by atoms with Crippen LogP contribution in [-0.2, 0) is 16.6 Å². The Hall–Kier alpha value is -4.40. The summed E-state index contributed by atoms with van der Waals surface area (Å²) in [7, 11) is 2.94. The highest BCUT2D eigenvalue weighted by atomic mass is 35.5. The van der Waals surface area contributed by atoms with Crippen molar-refractivity contribution in [2.45, 2.75) is 44.9 Å². The normalized spacial score (nSPS) is 18.0. The number of aliphatic hydroxyl groups excluding tert-OH is 1. The number of carbonyl (C=O) groups is 4. The van der Waals surface area contributed by atoms with Crippen LogP contribution in [0.1, 0.15) is 48.2 Å². The van der Waals surface area contributed by atoms with E-state index in [2.05, 4.69) is 10.3 Å². The van der Waals surface area contributed by atoms with Crippen molar-refractivity contribution in [1.82, 2.24) is 24.3 Å². The van der Waals surface area contributed by atoms with Crippen molar-refractivity contribution in [2.75, 3.05) is 45.2 Å². The Morgan fingerprint density at radius 1 is 1.04 bits per heavy atom. The molecule has 49 heavy (non-hydrogen) atoms. The molecule has 0 bridgehead atoms. The third-order valence-electron chi connectivity index (χ3n) is 8.26. The zero-order valence-electron chi connectivity index (χ0n) is 27.6. The molecule has 2 atom stereocenters. The van der Waals surface area contributed by atoms with E-state index >= 15 is 0 Å². The molecule has 1 aromatic heterocycles. The smallest absolute Gasteiger partial charge is 0.411 e. The zero-order valence-corrected chi connectivity index (χ0v) is 29.1. The molecule has 262 valence electrons. The minimum atomic E-state index is -0.858. The Morgan fingerprint density at radius 2 is 1.71 bits per heavy atom. The van der Waals surface area contributed by atoms with Crippen LogP contribution in [-0.4, -0.2) is 111 Å². The lowest BCUT2D eigenvalue weighted by molar-refractivity contribution is -0.137. The molecule has 0 aliphatic carbocycles. The molecule has 13 nitrogen and oxygen atoms in total. The van der Waals surface area contributed by atoms with Crippen LogP contribution in [0.4, 0.5) is 14.9 Å². The maximum Gasteiger partial charge on any atom is 0.411 e. The molecule has 2 fully saturated rings. The van der Waals surface area contributed by atoms with Gasteiger partial charge in [-0.3, -0.25) is 19.3 Å². The van der Waals surface area contributed by atoms with Crippen LogP contribution in [0, 0.1) is 5.82 Å². The topological polar surface area (TPSA) is 147 Å². The van der Waals surface area contributed by atoms with E-state index < -0.39 is 35.6 Å². The van der Waals surface area contributed by atoms with Gasteiger partial charge < -0.3 is 34.3 Å². The molecule has 0 spiro atoms. The number of hydrogen-bond acceptors (Lipinski definition) is 8. The predicted octanol–water partition coefficient (Wildman–Crippen LogP) is 4.45. The van der Waals surface area contributed by atoms with Gasteiger partial charge in [0.25, 0.3) is 11.8 Å². The van der Waals surface area contributed by atoms with E-state index in [1.54, 1.807) is 37.6 Å². The van der Waals surface area contributed by atoms with E-state index in [1.807, 2.05) is 0 Å². The molecule has 2 N–H and O–H groups in total. The van der Waals surface area contributed by atoms with Crippen LogP contribution >= 0.6 is 23.2 Å². The first kappa shape index (κ1) is 35.9. The lowest BCUT2D eigenvalue weighted by atomic mass is 10.1. The minimum Gasteiger partial charge on any atom is -0.495 e. The number of ether oxygens (including phenoxy) is 2. The number of imidazole rings is 1. The largest absolute Gasteiger partial charge is 0.495 e. The molecule has 16 heteroatoms. The van der Waals surface area contributed by atoms with Crippen LogP contribution in [0.25, 0.3) is 11.3 Å². The van der Waals surface area contributed by atoms with Gasteiger partial charge in [0.15, 0.2) is 11.6 Å². The molecule has 2 saturated heterocycles. The number of aromatic nitrogens is 2. The molecule has 2 aliphatic heterocycles. The summed E-state index contributed by atoms with van der Waals surface area (Å²) in [6.07, 6.45) is -0.0483. The summed E-state index contributed by atoms with van der Waals surface area (Å²) in [6.45, 7) is 6.08. The molecule has 2 aliphatic rings. The SMILES string of the molecule is COc1ccc(-c2cnc(C(=O)Nc3ccc(C(=O)N4CCN(C(=O)[C@@H]5C[C@@H](O)CN5C(=O)OC(C)(C)C)CC4)c(Cl)c3)n2C)c(F)c1Cl. The maximum absolute atomic E-state index is 14.9. The molecular weight excluding hydrogens is 682 g/mol. The number of methoxy groups -OCH3 is 1. The molecule has 0 unspecified atom stereocenters. The molecule has 2 aromatic carbocycles. The fourth-order valence-electron chi connectivity index (χ4n) is 5.79. The molecule has 3 aromatic rings. The Bertz CT molecular complexity index is 1790. The van der Waals surface area contributed by atoms with Gasteiger partial charge in [0.2, 0.25) is 5.91 Å². The van der Waals surface area contributed by atoms with Crippen LogP contribution in [0.5, 0.6) is 5.75 Å². The number of carbonyl (C=O) groups excluding carboxylic acids is 4. The van der Waals surface area contributed by atoms with Crippen LogP contribution in [0.2, 0.25) is 10.0 Å². The number of nitrogens with zero attached hydrogens (tertiary/aromatic N) is 5. The van der Waals surface area contributed by atoms with Crippen molar-refractivity contribution in [3.05, 3.63) is 63.8 Å². The molecule has 0 radical (unpaired) electrons. The Balaban J connectivity index is 1.20. The van der Waals surface area contributed by atoms with E-state index in [-0.39, 0.29) is 83.7 Å². The number of likely N-dealkylation sites (tertiary alicyclic amines) is 1. The van der Waals surface area contributed by atoms with Gasteiger partial charge in [-0.1, -0.05) is 23.2 Å². The quantitative estimate of drug-likeness (QED) is 0.380. The summed E-state index contributed by atoms with van der Waals surface area (Å²) in [5, 5.41) is 12.8. The number of nitrogens with one attached hydrogen (secondary N) is 1. The number of halogens is 3. The highest BCUT2D eigenvalue weighted by Gasteiger charge is 2.43. The van der Waals surface area contributed by atoms with E-state index in [0.717, 1.165) is 0 Å². The average Bonchev–Trinajstić information content (AvgIpc) is 3.63. The second-order valence-electron chi connectivity index (χ2n) is 12.8. The number of amides is 4. The minimum absolute atomic E-state index is 0.000457. The fourth-order valence-corrected chi connectivity index (χ4v) is 6.30. The van der Waals surface area contributed by atoms with Gasteiger partial charge in [-0.15, -0.1) is 0 Å². The maximum atomic E-state index is 14.9. The molecule has 0 saturated carbocycles.